The molecule has 1 saturated carbocycles. The SMILES string of the molecule is O=C(c1ccc(N(c2ccc3c(c2)NNN3)C2CC2)nc1)N1CCC(F)(F)CC1. The van der Waals surface area contributed by atoms with Gasteiger partial charge in [-0.25, -0.2) is 13.8 Å². The van der Waals surface area contributed by atoms with Gasteiger partial charge >= 0.3 is 0 Å². The summed E-state index contributed by atoms with van der Waals surface area (Å²) < 4.78 is 26.7. The Morgan fingerprint density at radius 2 is 1.86 bits per heavy atom. The number of hydrogen-bond acceptors (Lipinski definition) is 6. The Bertz CT molecular complexity index is 921. The van der Waals surface area contributed by atoms with Crippen molar-refractivity contribution < 1.29 is 13.6 Å². The number of halogens is 2. The fourth-order valence-corrected chi connectivity index (χ4v) is 3.80. The van der Waals surface area contributed by atoms with Crippen molar-refractivity contribution in [2.75, 3.05) is 28.8 Å². The molecule has 0 unspecified atom stereocenters. The van der Waals surface area contributed by atoms with Crippen molar-refractivity contribution in [2.45, 2.75) is 37.6 Å². The molecule has 3 aliphatic rings. The molecule has 152 valence electrons. The van der Waals surface area contributed by atoms with Crippen LogP contribution in [-0.2, 0) is 0 Å². The molecule has 0 radical (unpaired) electrons. The molecule has 5 rings (SSSR count). The molecule has 1 aliphatic carbocycles. The summed E-state index contributed by atoms with van der Waals surface area (Å²) in [5.41, 5.74) is 12.3. The molecule has 3 N–H and O–H groups in total. The first-order chi connectivity index (χ1) is 14.0. The number of benzene rings is 1. The summed E-state index contributed by atoms with van der Waals surface area (Å²) in [4.78, 5) is 20.8. The lowest BCUT2D eigenvalue weighted by Crippen LogP contribution is -2.42. The predicted molar refractivity (Wildman–Crippen MR) is 106 cm³/mol. The van der Waals surface area contributed by atoms with Gasteiger partial charge in [-0.1, -0.05) is 0 Å². The Morgan fingerprint density at radius 1 is 1.10 bits per heavy atom. The summed E-state index contributed by atoms with van der Waals surface area (Å²) in [5.74, 6) is -2.14. The van der Waals surface area contributed by atoms with Crippen LogP contribution in [0.3, 0.4) is 0 Å². The van der Waals surface area contributed by atoms with Crippen LogP contribution in [0.15, 0.2) is 36.5 Å². The van der Waals surface area contributed by atoms with Crippen molar-refractivity contribution in [3.8, 4) is 0 Å². The lowest BCUT2D eigenvalue weighted by atomic mass is 10.1. The van der Waals surface area contributed by atoms with Crippen molar-refractivity contribution in [1.29, 1.82) is 0 Å². The number of anilines is 4. The number of carbonyl (C=O) groups excluding carboxylic acids is 1. The Hall–Kier alpha value is -2.94. The maximum Gasteiger partial charge on any atom is 0.255 e. The van der Waals surface area contributed by atoms with Crippen LogP contribution in [0.5, 0.6) is 0 Å². The zero-order valence-corrected chi connectivity index (χ0v) is 15.8. The van der Waals surface area contributed by atoms with Crippen LogP contribution >= 0.6 is 0 Å². The van der Waals surface area contributed by atoms with Gasteiger partial charge in [0.2, 0.25) is 0 Å². The van der Waals surface area contributed by atoms with E-state index in [4.69, 9.17) is 0 Å². The number of hydrogen-bond donors (Lipinski definition) is 3. The highest BCUT2D eigenvalue weighted by Crippen LogP contribution is 2.40. The second-order valence-corrected chi connectivity index (χ2v) is 7.76. The molecule has 0 atom stereocenters. The highest BCUT2D eigenvalue weighted by molar-refractivity contribution is 5.94. The molecule has 1 saturated heterocycles. The van der Waals surface area contributed by atoms with Crippen LogP contribution in [0.1, 0.15) is 36.0 Å². The molecule has 1 amide bonds. The van der Waals surface area contributed by atoms with Gasteiger partial charge in [0.25, 0.3) is 11.8 Å². The number of aromatic nitrogens is 1. The minimum Gasteiger partial charge on any atom is -0.338 e. The van der Waals surface area contributed by atoms with Gasteiger partial charge in [0, 0.05) is 43.9 Å². The number of nitrogens with zero attached hydrogens (tertiary/aromatic N) is 3. The van der Waals surface area contributed by atoms with Crippen LogP contribution in [0.25, 0.3) is 0 Å². The Balaban J connectivity index is 1.35. The number of alkyl halides is 2. The molecule has 9 heteroatoms. The molecule has 2 aliphatic heterocycles. The van der Waals surface area contributed by atoms with E-state index in [1.807, 2.05) is 18.2 Å². The maximum absolute atomic E-state index is 13.3. The van der Waals surface area contributed by atoms with E-state index in [0.29, 0.717) is 11.6 Å². The lowest BCUT2D eigenvalue weighted by molar-refractivity contribution is -0.0494. The van der Waals surface area contributed by atoms with E-state index in [2.05, 4.69) is 32.3 Å². The Morgan fingerprint density at radius 3 is 2.55 bits per heavy atom. The molecule has 0 bridgehead atoms. The smallest absolute Gasteiger partial charge is 0.255 e. The molecular weight excluding hydrogens is 378 g/mol. The second-order valence-electron chi connectivity index (χ2n) is 7.76. The number of piperidine rings is 1. The van der Waals surface area contributed by atoms with Crippen LogP contribution in [0.2, 0.25) is 0 Å². The zero-order chi connectivity index (χ0) is 20.0. The molecule has 1 aromatic carbocycles. The topological polar surface area (TPSA) is 72.5 Å². The van der Waals surface area contributed by atoms with Crippen molar-refractivity contribution in [2.24, 2.45) is 0 Å². The molecule has 3 heterocycles. The molecular formula is C20H22F2N6O. The van der Waals surface area contributed by atoms with Gasteiger partial charge in [-0.05, 0) is 43.2 Å². The van der Waals surface area contributed by atoms with Crippen molar-refractivity contribution >= 4 is 28.8 Å². The zero-order valence-electron chi connectivity index (χ0n) is 15.8. The first-order valence-corrected chi connectivity index (χ1v) is 9.84. The Labute approximate surface area is 167 Å². The van der Waals surface area contributed by atoms with E-state index in [-0.39, 0.29) is 31.8 Å². The summed E-state index contributed by atoms with van der Waals surface area (Å²) in [7, 11) is 0. The molecule has 0 spiro atoms. The third-order valence-corrected chi connectivity index (χ3v) is 5.61. The average Bonchev–Trinajstić information content (AvgIpc) is 3.44. The van der Waals surface area contributed by atoms with E-state index in [0.717, 1.165) is 35.7 Å². The number of rotatable bonds is 4. The van der Waals surface area contributed by atoms with Gasteiger partial charge in [0.15, 0.2) is 0 Å². The molecule has 2 fully saturated rings. The third kappa shape index (κ3) is 3.57. The van der Waals surface area contributed by atoms with Crippen LogP contribution in [-0.4, -0.2) is 40.8 Å². The number of hydrazine groups is 2. The largest absolute Gasteiger partial charge is 0.338 e. The molecule has 7 nitrogen and oxygen atoms in total. The van der Waals surface area contributed by atoms with Crippen LogP contribution in [0.4, 0.5) is 31.7 Å². The molecule has 1 aromatic heterocycles. The number of fused-ring (bicyclic) bond motifs is 1. The number of pyridine rings is 1. The highest BCUT2D eigenvalue weighted by atomic mass is 19.3. The second kappa shape index (κ2) is 6.84. The maximum atomic E-state index is 13.3. The van der Waals surface area contributed by atoms with Gasteiger partial charge < -0.3 is 20.7 Å². The summed E-state index contributed by atoms with van der Waals surface area (Å²) in [6.07, 6.45) is 3.16. The summed E-state index contributed by atoms with van der Waals surface area (Å²) in [6, 6.07) is 10.0. The lowest BCUT2D eigenvalue weighted by Gasteiger charge is -2.31. The predicted octanol–water partition coefficient (Wildman–Crippen LogP) is 3.51. The van der Waals surface area contributed by atoms with Gasteiger partial charge in [0.1, 0.15) is 5.82 Å². The fourth-order valence-electron chi connectivity index (χ4n) is 3.80. The monoisotopic (exact) mass is 400 g/mol. The first kappa shape index (κ1) is 18.1. The van der Waals surface area contributed by atoms with E-state index >= 15 is 0 Å². The van der Waals surface area contributed by atoms with Crippen molar-refractivity contribution in [3.05, 3.63) is 42.1 Å². The van der Waals surface area contributed by atoms with E-state index in [1.165, 1.54) is 4.90 Å². The van der Waals surface area contributed by atoms with Gasteiger partial charge in [0.05, 0.1) is 16.9 Å². The summed E-state index contributed by atoms with van der Waals surface area (Å²) >= 11 is 0. The number of amides is 1. The average molecular weight is 400 g/mol. The van der Waals surface area contributed by atoms with E-state index < -0.39 is 5.92 Å². The number of likely N-dealkylation sites (tertiary alicyclic amines) is 1. The first-order valence-electron chi connectivity index (χ1n) is 9.84. The molecule has 2 aromatic rings. The standard InChI is InChI=1S/C20H22F2N6O/c21-20(22)7-9-27(10-8-20)19(29)13-1-6-18(23-12-13)28(14-2-3-14)15-4-5-16-17(11-15)25-26-24-16/h1,4-6,11-12,14,24-26H,2-3,7-10H2. The van der Waals surface area contributed by atoms with Crippen molar-refractivity contribution in [3.63, 3.8) is 0 Å². The van der Waals surface area contributed by atoms with Crippen LogP contribution in [0, 0.1) is 0 Å². The third-order valence-electron chi connectivity index (χ3n) is 5.61. The normalized spacial score (nSPS) is 19.9. The van der Waals surface area contributed by atoms with Gasteiger partial charge in [-0.2, -0.15) is 0 Å². The van der Waals surface area contributed by atoms with E-state index in [1.54, 1.807) is 12.3 Å². The highest BCUT2D eigenvalue weighted by Gasteiger charge is 2.36. The van der Waals surface area contributed by atoms with Crippen LogP contribution < -0.4 is 21.3 Å². The minimum atomic E-state index is -2.67. The Kier molecular flexibility index (Phi) is 4.27. The van der Waals surface area contributed by atoms with Gasteiger partial charge in [-0.3, -0.25) is 4.79 Å². The number of carbonyl (C=O) groups is 1. The van der Waals surface area contributed by atoms with Gasteiger partial charge in [-0.15, -0.1) is 5.53 Å². The fraction of sp³-hybridized carbons (Fsp3) is 0.400. The quantitative estimate of drug-likeness (QED) is 0.730. The van der Waals surface area contributed by atoms with Crippen molar-refractivity contribution in [1.82, 2.24) is 15.4 Å². The van der Waals surface area contributed by atoms with E-state index in [9.17, 15) is 13.6 Å². The minimum absolute atomic E-state index is 0.0754. The molecule has 29 heavy (non-hydrogen) atoms. The summed E-state index contributed by atoms with van der Waals surface area (Å²) in [6.45, 7) is 0.151. The summed E-state index contributed by atoms with van der Waals surface area (Å²) in [5, 5.41) is 0. The number of nitrogens with one attached hydrogen (secondary N) is 3.